The first-order valence-electron chi connectivity index (χ1n) is 7.33. The number of benzene rings is 2. The van der Waals surface area contributed by atoms with Crippen LogP contribution < -0.4 is 4.74 Å². The molecule has 8 heteroatoms. The predicted octanol–water partition coefficient (Wildman–Crippen LogP) is 4.77. The predicted molar refractivity (Wildman–Crippen MR) is 102 cm³/mol. The van der Waals surface area contributed by atoms with Crippen molar-refractivity contribution in [3.8, 4) is 5.75 Å². The van der Waals surface area contributed by atoms with Crippen LogP contribution in [0.25, 0.3) is 0 Å². The molecule has 0 fully saturated rings. The van der Waals surface area contributed by atoms with Gasteiger partial charge in [-0.05, 0) is 24.5 Å². The number of thioether (sulfide) groups is 1. The summed E-state index contributed by atoms with van der Waals surface area (Å²) in [6.07, 6.45) is 3.54. The molecule has 0 N–H and O–H groups in total. The molecule has 0 radical (unpaired) electrons. The van der Waals surface area contributed by atoms with E-state index in [0.717, 1.165) is 5.75 Å². The fraction of sp³-hybridized carbons (Fsp3) is 0.118. The molecule has 5 nitrogen and oxygen atoms in total. The van der Waals surface area contributed by atoms with Crippen LogP contribution in [0.2, 0.25) is 10.0 Å². The molecule has 0 unspecified atom stereocenters. The van der Waals surface area contributed by atoms with Crippen molar-refractivity contribution in [2.75, 3.05) is 6.26 Å². The molecular formula is C17H14Cl2N4OS. The van der Waals surface area contributed by atoms with Crippen molar-refractivity contribution in [3.05, 3.63) is 70.0 Å². The Labute approximate surface area is 159 Å². The molecule has 0 saturated heterocycles. The van der Waals surface area contributed by atoms with Crippen molar-refractivity contribution >= 4 is 41.2 Å². The van der Waals surface area contributed by atoms with Crippen molar-refractivity contribution in [1.29, 1.82) is 0 Å². The SMILES string of the molecule is CSc1nnc(COc2ccccc2)n1/N=C\c1cccc(Cl)c1Cl. The van der Waals surface area contributed by atoms with Crippen LogP contribution in [0.3, 0.4) is 0 Å². The first-order valence-corrected chi connectivity index (χ1v) is 9.31. The third-order valence-electron chi connectivity index (χ3n) is 3.26. The molecule has 1 heterocycles. The Hall–Kier alpha value is -2.02. The summed E-state index contributed by atoms with van der Waals surface area (Å²) in [6.45, 7) is 0.248. The van der Waals surface area contributed by atoms with Gasteiger partial charge >= 0.3 is 0 Å². The van der Waals surface area contributed by atoms with E-state index < -0.39 is 0 Å². The van der Waals surface area contributed by atoms with Crippen molar-refractivity contribution < 1.29 is 4.74 Å². The molecule has 0 aliphatic heterocycles. The lowest BCUT2D eigenvalue weighted by molar-refractivity contribution is 0.290. The number of halogens is 2. The van der Waals surface area contributed by atoms with Crippen LogP contribution in [0.15, 0.2) is 58.8 Å². The van der Waals surface area contributed by atoms with Gasteiger partial charge in [-0.3, -0.25) is 0 Å². The molecule has 2 aromatic carbocycles. The highest BCUT2D eigenvalue weighted by molar-refractivity contribution is 7.98. The lowest BCUT2D eigenvalue weighted by atomic mass is 10.2. The monoisotopic (exact) mass is 392 g/mol. The molecule has 3 aromatic rings. The molecule has 0 aliphatic rings. The zero-order valence-electron chi connectivity index (χ0n) is 13.3. The number of rotatable bonds is 6. The Morgan fingerprint density at radius 3 is 2.68 bits per heavy atom. The van der Waals surface area contributed by atoms with Crippen LogP contribution in [-0.4, -0.2) is 27.3 Å². The molecule has 0 saturated carbocycles. The van der Waals surface area contributed by atoms with Crippen LogP contribution in [0.1, 0.15) is 11.4 Å². The normalized spacial score (nSPS) is 11.2. The zero-order valence-corrected chi connectivity index (χ0v) is 15.6. The van der Waals surface area contributed by atoms with Gasteiger partial charge in [0, 0.05) is 5.56 Å². The van der Waals surface area contributed by atoms with E-state index in [1.165, 1.54) is 11.8 Å². The first-order chi connectivity index (χ1) is 12.2. The summed E-state index contributed by atoms with van der Waals surface area (Å²) in [5.41, 5.74) is 0.713. The van der Waals surface area contributed by atoms with E-state index in [9.17, 15) is 0 Å². The maximum atomic E-state index is 6.19. The van der Waals surface area contributed by atoms with Crippen LogP contribution in [-0.2, 0) is 6.61 Å². The molecule has 3 rings (SSSR count). The first kappa shape index (κ1) is 17.8. The maximum Gasteiger partial charge on any atom is 0.211 e. The lowest BCUT2D eigenvalue weighted by Gasteiger charge is -2.06. The zero-order chi connectivity index (χ0) is 17.6. The molecule has 0 aliphatic carbocycles. The number of hydrogen-bond acceptors (Lipinski definition) is 5. The summed E-state index contributed by atoms with van der Waals surface area (Å²) in [5.74, 6) is 1.34. The Bertz CT molecular complexity index is 884. The third kappa shape index (κ3) is 4.34. The smallest absolute Gasteiger partial charge is 0.211 e. The summed E-state index contributed by atoms with van der Waals surface area (Å²) in [6, 6.07) is 14.9. The van der Waals surface area contributed by atoms with Crippen LogP contribution >= 0.6 is 35.0 Å². The van der Waals surface area contributed by atoms with Gasteiger partial charge in [0.25, 0.3) is 0 Å². The van der Waals surface area contributed by atoms with Crippen molar-refractivity contribution in [2.24, 2.45) is 5.10 Å². The highest BCUT2D eigenvalue weighted by Crippen LogP contribution is 2.24. The molecule has 25 heavy (non-hydrogen) atoms. The average Bonchev–Trinajstić information content (AvgIpc) is 3.04. The standard InChI is InChI=1S/C17H14Cl2N4OS/c1-25-17-22-21-15(11-24-13-7-3-2-4-8-13)23(17)20-10-12-6-5-9-14(18)16(12)19/h2-10H,11H2,1H3/b20-10-. The van der Waals surface area contributed by atoms with Gasteiger partial charge in [-0.15, -0.1) is 10.2 Å². The topological polar surface area (TPSA) is 52.3 Å². The van der Waals surface area contributed by atoms with Crippen molar-refractivity contribution in [1.82, 2.24) is 14.9 Å². The molecule has 0 amide bonds. The van der Waals surface area contributed by atoms with Gasteiger partial charge in [0.2, 0.25) is 5.16 Å². The minimum atomic E-state index is 0.248. The van der Waals surface area contributed by atoms with E-state index in [0.29, 0.717) is 26.6 Å². The summed E-state index contributed by atoms with van der Waals surface area (Å²) < 4.78 is 7.36. The van der Waals surface area contributed by atoms with Crippen LogP contribution in [0.5, 0.6) is 5.75 Å². The average molecular weight is 393 g/mol. The summed E-state index contributed by atoms with van der Waals surface area (Å²) in [7, 11) is 0. The van der Waals surface area contributed by atoms with Gasteiger partial charge in [-0.2, -0.15) is 9.78 Å². The van der Waals surface area contributed by atoms with E-state index in [4.69, 9.17) is 27.9 Å². The van der Waals surface area contributed by atoms with Gasteiger partial charge in [-0.25, -0.2) is 0 Å². The Morgan fingerprint density at radius 1 is 1.12 bits per heavy atom. The molecule has 0 bridgehead atoms. The molecular weight excluding hydrogens is 379 g/mol. The largest absolute Gasteiger partial charge is 0.486 e. The Kier molecular flexibility index (Phi) is 5.96. The summed E-state index contributed by atoms with van der Waals surface area (Å²) >= 11 is 13.7. The van der Waals surface area contributed by atoms with Crippen LogP contribution in [0.4, 0.5) is 0 Å². The highest BCUT2D eigenvalue weighted by Gasteiger charge is 2.11. The Balaban J connectivity index is 1.83. The van der Waals surface area contributed by atoms with E-state index in [1.807, 2.05) is 48.7 Å². The number of nitrogens with zero attached hydrogens (tertiary/aromatic N) is 4. The van der Waals surface area contributed by atoms with E-state index in [-0.39, 0.29) is 6.61 Å². The lowest BCUT2D eigenvalue weighted by Crippen LogP contribution is -2.05. The van der Waals surface area contributed by atoms with Crippen molar-refractivity contribution in [3.63, 3.8) is 0 Å². The van der Waals surface area contributed by atoms with Gasteiger partial charge in [0.15, 0.2) is 5.82 Å². The highest BCUT2D eigenvalue weighted by atomic mass is 35.5. The van der Waals surface area contributed by atoms with Crippen LogP contribution in [0, 0.1) is 0 Å². The Morgan fingerprint density at radius 2 is 1.92 bits per heavy atom. The number of ether oxygens (including phenoxy) is 1. The minimum absolute atomic E-state index is 0.248. The number of aromatic nitrogens is 3. The molecule has 0 atom stereocenters. The maximum absolute atomic E-state index is 6.19. The van der Waals surface area contributed by atoms with Crippen molar-refractivity contribution in [2.45, 2.75) is 11.8 Å². The number of hydrogen-bond donors (Lipinski definition) is 0. The second-order valence-electron chi connectivity index (χ2n) is 4.90. The minimum Gasteiger partial charge on any atom is -0.486 e. The van der Waals surface area contributed by atoms with E-state index in [2.05, 4.69) is 15.3 Å². The summed E-state index contributed by atoms with van der Waals surface area (Å²) in [5, 5.41) is 14.3. The molecule has 1 aromatic heterocycles. The van der Waals surface area contributed by atoms with Gasteiger partial charge < -0.3 is 4.74 Å². The van der Waals surface area contributed by atoms with Gasteiger partial charge in [0.05, 0.1) is 16.3 Å². The second-order valence-corrected chi connectivity index (χ2v) is 6.46. The molecule has 0 spiro atoms. The second kappa shape index (κ2) is 8.38. The molecule has 128 valence electrons. The quantitative estimate of drug-likeness (QED) is 0.447. The fourth-order valence-corrected chi connectivity index (χ4v) is 2.84. The van der Waals surface area contributed by atoms with E-state index in [1.54, 1.807) is 17.0 Å². The number of para-hydroxylation sites is 1. The van der Waals surface area contributed by atoms with Gasteiger partial charge in [-0.1, -0.05) is 65.3 Å². The third-order valence-corrected chi connectivity index (χ3v) is 4.72. The van der Waals surface area contributed by atoms with E-state index >= 15 is 0 Å². The fourth-order valence-electron chi connectivity index (χ4n) is 2.03. The summed E-state index contributed by atoms with van der Waals surface area (Å²) in [4.78, 5) is 0. The van der Waals surface area contributed by atoms with Gasteiger partial charge in [0.1, 0.15) is 12.4 Å².